The van der Waals surface area contributed by atoms with Crippen LogP contribution < -0.4 is 10.1 Å². The van der Waals surface area contributed by atoms with Gasteiger partial charge in [-0.25, -0.2) is 0 Å². The summed E-state index contributed by atoms with van der Waals surface area (Å²) in [6.07, 6.45) is 0. The number of nitrogens with one attached hydrogen (secondary N) is 1. The smallest absolute Gasteiger partial charge is 0.258 e. The number of amides is 1. The Bertz CT molecular complexity index is 658. The van der Waals surface area contributed by atoms with Gasteiger partial charge in [-0.05, 0) is 57.2 Å². The van der Waals surface area contributed by atoms with E-state index in [1.807, 2.05) is 26.0 Å². The molecule has 1 heterocycles. The van der Waals surface area contributed by atoms with Crippen molar-refractivity contribution >= 4 is 11.7 Å². The summed E-state index contributed by atoms with van der Waals surface area (Å²) in [5, 5.41) is 2.80. The van der Waals surface area contributed by atoms with Crippen molar-refractivity contribution in [1.82, 2.24) is 5.32 Å². The second kappa shape index (κ2) is 6.93. The Morgan fingerprint density at radius 1 is 1.18 bits per heavy atom. The predicted octanol–water partition coefficient (Wildman–Crippen LogP) is 3.05. The quantitative estimate of drug-likeness (QED) is 0.833. The number of aryl methyl sites for hydroxylation is 1. The number of carbonyl (C=O) groups is 2. The molecule has 1 aromatic heterocycles. The van der Waals surface area contributed by atoms with Crippen molar-refractivity contribution in [2.24, 2.45) is 0 Å². The summed E-state index contributed by atoms with van der Waals surface area (Å²) in [4.78, 5) is 23.0. The Hall–Kier alpha value is -2.56. The van der Waals surface area contributed by atoms with Crippen LogP contribution in [0.25, 0.3) is 0 Å². The SMILES string of the molecule is CC(=O)c1ccc(OCC(=O)NC(C)c2ccc(C)o2)cc1. The van der Waals surface area contributed by atoms with E-state index in [9.17, 15) is 9.59 Å². The highest BCUT2D eigenvalue weighted by molar-refractivity contribution is 5.94. The zero-order valence-electron chi connectivity index (χ0n) is 12.9. The molecule has 1 amide bonds. The Kier molecular flexibility index (Phi) is 4.99. The molecule has 0 spiro atoms. The van der Waals surface area contributed by atoms with E-state index in [1.54, 1.807) is 24.3 Å². The number of furan rings is 1. The molecular weight excluding hydrogens is 282 g/mol. The molecule has 2 rings (SSSR count). The summed E-state index contributed by atoms with van der Waals surface area (Å²) in [5.74, 6) is 1.81. The molecule has 0 saturated carbocycles. The number of rotatable bonds is 6. The van der Waals surface area contributed by atoms with Crippen molar-refractivity contribution in [1.29, 1.82) is 0 Å². The first kappa shape index (κ1) is 15.8. The number of ketones is 1. The fraction of sp³-hybridized carbons (Fsp3) is 0.294. The van der Waals surface area contributed by atoms with Crippen molar-refractivity contribution < 1.29 is 18.7 Å². The molecule has 0 aliphatic heterocycles. The topological polar surface area (TPSA) is 68.5 Å². The number of ether oxygens (including phenoxy) is 1. The van der Waals surface area contributed by atoms with Crippen LogP contribution in [0, 0.1) is 6.92 Å². The molecule has 1 unspecified atom stereocenters. The van der Waals surface area contributed by atoms with E-state index < -0.39 is 0 Å². The first-order valence-electron chi connectivity index (χ1n) is 7.05. The van der Waals surface area contributed by atoms with Gasteiger partial charge in [0.05, 0.1) is 6.04 Å². The fourth-order valence-electron chi connectivity index (χ4n) is 1.98. The molecule has 116 valence electrons. The zero-order valence-corrected chi connectivity index (χ0v) is 12.9. The summed E-state index contributed by atoms with van der Waals surface area (Å²) in [6.45, 7) is 5.11. The van der Waals surface area contributed by atoms with Crippen LogP contribution in [0.15, 0.2) is 40.8 Å². The van der Waals surface area contributed by atoms with Crippen molar-refractivity contribution in [3.8, 4) is 5.75 Å². The fourth-order valence-corrected chi connectivity index (χ4v) is 1.98. The zero-order chi connectivity index (χ0) is 16.1. The third-order valence-corrected chi connectivity index (χ3v) is 3.20. The van der Waals surface area contributed by atoms with Gasteiger partial charge >= 0.3 is 0 Å². The average molecular weight is 301 g/mol. The lowest BCUT2D eigenvalue weighted by atomic mass is 10.1. The van der Waals surface area contributed by atoms with Crippen LogP contribution in [0.3, 0.4) is 0 Å². The van der Waals surface area contributed by atoms with Crippen LogP contribution in [0.4, 0.5) is 0 Å². The summed E-state index contributed by atoms with van der Waals surface area (Å²) >= 11 is 0. The van der Waals surface area contributed by atoms with Crippen molar-refractivity contribution in [2.75, 3.05) is 6.61 Å². The lowest BCUT2D eigenvalue weighted by Crippen LogP contribution is -2.31. The molecule has 5 heteroatoms. The van der Waals surface area contributed by atoms with E-state index >= 15 is 0 Å². The Morgan fingerprint density at radius 3 is 2.41 bits per heavy atom. The van der Waals surface area contributed by atoms with Crippen LogP contribution in [-0.2, 0) is 4.79 Å². The van der Waals surface area contributed by atoms with E-state index in [4.69, 9.17) is 9.15 Å². The molecule has 0 aliphatic rings. The molecule has 0 aliphatic carbocycles. The molecule has 5 nitrogen and oxygen atoms in total. The second-order valence-electron chi connectivity index (χ2n) is 5.11. The highest BCUT2D eigenvalue weighted by atomic mass is 16.5. The van der Waals surface area contributed by atoms with Crippen LogP contribution in [0.1, 0.15) is 41.8 Å². The van der Waals surface area contributed by atoms with Crippen LogP contribution in [0.5, 0.6) is 5.75 Å². The monoisotopic (exact) mass is 301 g/mol. The number of benzene rings is 1. The molecule has 1 atom stereocenters. The first-order valence-corrected chi connectivity index (χ1v) is 7.05. The number of hydrogen-bond acceptors (Lipinski definition) is 4. The van der Waals surface area contributed by atoms with Crippen LogP contribution in [0.2, 0.25) is 0 Å². The molecule has 22 heavy (non-hydrogen) atoms. The molecular formula is C17H19NO4. The predicted molar refractivity (Wildman–Crippen MR) is 81.9 cm³/mol. The lowest BCUT2D eigenvalue weighted by Gasteiger charge is -2.12. The maximum absolute atomic E-state index is 11.9. The van der Waals surface area contributed by atoms with Crippen LogP contribution >= 0.6 is 0 Å². The summed E-state index contributed by atoms with van der Waals surface area (Å²) in [6, 6.07) is 10.2. The van der Waals surface area contributed by atoms with E-state index in [0.29, 0.717) is 17.1 Å². The number of hydrogen-bond donors (Lipinski definition) is 1. The second-order valence-corrected chi connectivity index (χ2v) is 5.11. The Balaban J connectivity index is 1.83. The van der Waals surface area contributed by atoms with E-state index in [2.05, 4.69) is 5.32 Å². The third-order valence-electron chi connectivity index (χ3n) is 3.20. The highest BCUT2D eigenvalue weighted by Crippen LogP contribution is 2.16. The van der Waals surface area contributed by atoms with Gasteiger partial charge in [0.15, 0.2) is 12.4 Å². The van der Waals surface area contributed by atoms with Gasteiger partial charge in [0.25, 0.3) is 5.91 Å². The largest absolute Gasteiger partial charge is 0.484 e. The van der Waals surface area contributed by atoms with Gasteiger partial charge in [0, 0.05) is 5.56 Å². The van der Waals surface area contributed by atoms with Gasteiger partial charge < -0.3 is 14.5 Å². The molecule has 0 saturated heterocycles. The average Bonchev–Trinajstić information content (AvgIpc) is 2.92. The highest BCUT2D eigenvalue weighted by Gasteiger charge is 2.13. The minimum Gasteiger partial charge on any atom is -0.484 e. The number of carbonyl (C=O) groups excluding carboxylic acids is 2. The van der Waals surface area contributed by atoms with Crippen molar-refractivity contribution in [3.63, 3.8) is 0 Å². The van der Waals surface area contributed by atoms with Gasteiger partial charge in [-0.15, -0.1) is 0 Å². The Morgan fingerprint density at radius 2 is 1.86 bits per heavy atom. The summed E-state index contributed by atoms with van der Waals surface area (Å²) in [5.41, 5.74) is 0.610. The molecule has 1 aromatic carbocycles. The summed E-state index contributed by atoms with van der Waals surface area (Å²) < 4.78 is 10.8. The van der Waals surface area contributed by atoms with Gasteiger partial charge in [0.1, 0.15) is 17.3 Å². The lowest BCUT2D eigenvalue weighted by molar-refractivity contribution is -0.123. The molecule has 2 aromatic rings. The van der Waals surface area contributed by atoms with E-state index in [1.165, 1.54) is 6.92 Å². The number of Topliss-reactive ketones (excluding diaryl/α,β-unsaturated/α-hetero) is 1. The maximum Gasteiger partial charge on any atom is 0.258 e. The first-order chi connectivity index (χ1) is 10.5. The van der Waals surface area contributed by atoms with Crippen molar-refractivity contribution in [3.05, 3.63) is 53.5 Å². The molecule has 0 radical (unpaired) electrons. The maximum atomic E-state index is 11.9. The standard InChI is InChI=1S/C17H19NO4/c1-11-4-9-16(22-11)12(2)18-17(20)10-21-15-7-5-14(6-8-15)13(3)19/h4-9,12H,10H2,1-3H3,(H,18,20). The molecule has 1 N–H and O–H groups in total. The minimum atomic E-state index is -0.239. The van der Waals surface area contributed by atoms with Gasteiger partial charge in [-0.3, -0.25) is 9.59 Å². The summed E-state index contributed by atoms with van der Waals surface area (Å²) in [7, 11) is 0. The van der Waals surface area contributed by atoms with Gasteiger partial charge in [-0.1, -0.05) is 0 Å². The molecule has 0 fully saturated rings. The van der Waals surface area contributed by atoms with E-state index in [-0.39, 0.29) is 24.3 Å². The van der Waals surface area contributed by atoms with Gasteiger partial charge in [-0.2, -0.15) is 0 Å². The van der Waals surface area contributed by atoms with Crippen LogP contribution in [-0.4, -0.2) is 18.3 Å². The van der Waals surface area contributed by atoms with Crippen molar-refractivity contribution in [2.45, 2.75) is 26.8 Å². The minimum absolute atomic E-state index is 0.00754. The van der Waals surface area contributed by atoms with Gasteiger partial charge in [0.2, 0.25) is 0 Å². The third kappa shape index (κ3) is 4.22. The Labute approximate surface area is 129 Å². The molecule has 0 bridgehead atoms. The normalized spacial score (nSPS) is 11.8. The van der Waals surface area contributed by atoms with E-state index in [0.717, 1.165) is 5.76 Å².